The predicted octanol–water partition coefficient (Wildman–Crippen LogP) is 13.5. The van der Waals surface area contributed by atoms with E-state index in [1.54, 1.807) is 0 Å². The van der Waals surface area contributed by atoms with Crippen molar-refractivity contribution in [3.05, 3.63) is 48.0 Å². The van der Waals surface area contributed by atoms with E-state index in [1.807, 2.05) is 37.3 Å². The van der Waals surface area contributed by atoms with Gasteiger partial charge in [0.25, 0.3) is 0 Å². The van der Waals surface area contributed by atoms with Crippen molar-refractivity contribution in [2.45, 2.75) is 232 Å². The van der Waals surface area contributed by atoms with E-state index in [-0.39, 0.29) is 58.8 Å². The number of allylic oxidation sites excluding steroid dienone is 1. The number of hydrogen-bond donors (Lipinski definition) is 0. The van der Waals surface area contributed by atoms with Crippen LogP contribution in [0.15, 0.2) is 42.5 Å². The second kappa shape index (κ2) is 21.2. The van der Waals surface area contributed by atoms with Gasteiger partial charge >= 0.3 is 5.97 Å². The number of hydrogen-bond acceptors (Lipinski definition) is 7. The number of esters is 1. The maximum absolute atomic E-state index is 14.0. The molecule has 1 aromatic carbocycles. The van der Waals surface area contributed by atoms with Gasteiger partial charge < -0.3 is 27.9 Å². The SMILES string of the molecule is CC(C)[Si](O[C@@H]([C@@H](C)[C@H](C[C@@H]1CC[C@@](C)([C@H]2CC[C@@](C)([C@@H](C)O[Si](C)(C)C(C)(C)C)O2)O1)OC(=O)c1ccccc1)[C@H](C)/C=C/C[C@@H](C)C[C@H](C)C=O)(C(C)C)C(C)C. The number of benzene rings is 1. The number of aldehydes is 1. The molecule has 0 spiro atoms. The molecule has 7 nitrogen and oxygen atoms in total. The molecule has 0 unspecified atom stereocenters. The van der Waals surface area contributed by atoms with Crippen molar-refractivity contribution in [2.75, 3.05) is 0 Å². The summed E-state index contributed by atoms with van der Waals surface area (Å²) < 4.78 is 35.3. The van der Waals surface area contributed by atoms with Crippen LogP contribution in [0, 0.1) is 23.7 Å². The topological polar surface area (TPSA) is 80.3 Å². The van der Waals surface area contributed by atoms with Crippen LogP contribution in [0.3, 0.4) is 0 Å². The third kappa shape index (κ3) is 13.0. The largest absolute Gasteiger partial charge is 0.458 e. The summed E-state index contributed by atoms with van der Waals surface area (Å²) in [6, 6.07) is 9.36. The zero-order valence-electron chi connectivity index (χ0n) is 40.9. The molecule has 0 radical (unpaired) electrons. The molecule has 3 rings (SSSR count). The van der Waals surface area contributed by atoms with Crippen molar-refractivity contribution in [2.24, 2.45) is 23.7 Å². The van der Waals surface area contributed by atoms with Gasteiger partial charge in [0.2, 0.25) is 8.32 Å². The fourth-order valence-corrected chi connectivity index (χ4v) is 17.3. The van der Waals surface area contributed by atoms with Crippen LogP contribution >= 0.6 is 0 Å². The fourth-order valence-electron chi connectivity index (χ4n) is 10.1. The molecule has 2 heterocycles. The van der Waals surface area contributed by atoms with Crippen molar-refractivity contribution in [1.82, 2.24) is 0 Å². The average Bonchev–Trinajstić information content (AvgIpc) is 3.74. The first-order valence-electron chi connectivity index (χ1n) is 23.3. The number of ether oxygens (including phenoxy) is 3. The maximum Gasteiger partial charge on any atom is 0.338 e. The van der Waals surface area contributed by atoms with Gasteiger partial charge in [-0.15, -0.1) is 0 Å². The summed E-state index contributed by atoms with van der Waals surface area (Å²) >= 11 is 0. The van der Waals surface area contributed by atoms with E-state index >= 15 is 0 Å². The van der Waals surface area contributed by atoms with Gasteiger partial charge in [0.05, 0.1) is 41.2 Å². The molecule has 0 N–H and O–H groups in total. The van der Waals surface area contributed by atoms with Crippen molar-refractivity contribution in [3.63, 3.8) is 0 Å². The summed E-state index contributed by atoms with van der Waals surface area (Å²) in [4.78, 5) is 25.3. The van der Waals surface area contributed by atoms with E-state index in [0.29, 0.717) is 34.5 Å². The number of carbonyl (C=O) groups excluding carboxylic acids is 2. The standard InChI is InChI=1S/C50H88O7Si2/c1-34(2)59(35(3)4,36(5)6)57-46(39(9)24-22-23-37(7)31-38(8)33-51)40(10)44(53-47(52)42-25-20-19-21-26-42)32-43-27-29-50(16,54-43)45-28-30-49(15,55-45)41(11)56-58(17,18)48(12,13)14/h19-22,24-26,33-41,43-46H,23,27-32H2,1-18H3/b24-22+/t37-,38+,39-,40+,41-,43+,44+,45-,46-,49+,50+/m1/s1. The molecular formula is C50H88O7Si2. The van der Waals surface area contributed by atoms with Gasteiger partial charge in [-0.05, 0) is 118 Å². The molecule has 59 heavy (non-hydrogen) atoms. The Morgan fingerprint density at radius 2 is 1.46 bits per heavy atom. The first-order valence-corrected chi connectivity index (χ1v) is 28.4. The first-order chi connectivity index (χ1) is 27.2. The Kier molecular flexibility index (Phi) is 18.6. The normalized spacial score (nSPS) is 26.9. The molecule has 1 aromatic rings. The van der Waals surface area contributed by atoms with Crippen LogP contribution in [-0.2, 0) is 27.9 Å². The van der Waals surface area contributed by atoms with E-state index in [9.17, 15) is 9.59 Å². The minimum atomic E-state index is -2.36. The highest BCUT2D eigenvalue weighted by molar-refractivity contribution is 6.77. The lowest BCUT2D eigenvalue weighted by Gasteiger charge is -2.48. The Balaban J connectivity index is 1.95. The van der Waals surface area contributed by atoms with Crippen LogP contribution in [0.5, 0.6) is 0 Å². The Bertz CT molecular complexity index is 1470. The number of rotatable bonds is 22. The zero-order valence-corrected chi connectivity index (χ0v) is 42.9. The molecule has 338 valence electrons. The Labute approximate surface area is 364 Å². The lowest BCUT2D eigenvalue weighted by Crippen LogP contribution is -2.54. The van der Waals surface area contributed by atoms with Crippen molar-refractivity contribution in [3.8, 4) is 0 Å². The van der Waals surface area contributed by atoms with Crippen LogP contribution < -0.4 is 0 Å². The fraction of sp³-hybridized carbons (Fsp3) is 0.800. The van der Waals surface area contributed by atoms with E-state index in [1.165, 1.54) is 0 Å². The first kappa shape index (κ1) is 51.7. The van der Waals surface area contributed by atoms with Gasteiger partial charge in [0.1, 0.15) is 12.4 Å². The van der Waals surface area contributed by atoms with E-state index in [4.69, 9.17) is 23.1 Å². The maximum atomic E-state index is 14.0. The molecule has 0 aromatic heterocycles. The molecule has 0 saturated carbocycles. The summed E-state index contributed by atoms with van der Waals surface area (Å²) in [7, 11) is -4.34. The number of carbonyl (C=O) groups is 2. The van der Waals surface area contributed by atoms with Crippen LogP contribution in [0.4, 0.5) is 0 Å². The van der Waals surface area contributed by atoms with Gasteiger partial charge in [-0.2, -0.15) is 0 Å². The van der Waals surface area contributed by atoms with Gasteiger partial charge in [-0.25, -0.2) is 4.79 Å². The van der Waals surface area contributed by atoms with Gasteiger partial charge in [0.15, 0.2) is 8.32 Å². The highest BCUT2D eigenvalue weighted by Crippen LogP contribution is 2.49. The second-order valence-corrected chi connectivity index (χ2v) is 32.0. The summed E-state index contributed by atoms with van der Waals surface area (Å²) in [5.41, 5.74) is 0.910. The minimum absolute atomic E-state index is 0.0221. The van der Waals surface area contributed by atoms with Gasteiger partial charge in [0, 0.05) is 18.3 Å². The summed E-state index contributed by atoms with van der Waals surface area (Å²) in [5.74, 6) is 0.0864. The molecular weight excluding hydrogens is 769 g/mol. The molecule has 0 amide bonds. The molecule has 2 saturated heterocycles. The Morgan fingerprint density at radius 3 is 2.00 bits per heavy atom. The smallest absolute Gasteiger partial charge is 0.338 e. The monoisotopic (exact) mass is 857 g/mol. The predicted molar refractivity (Wildman–Crippen MR) is 250 cm³/mol. The summed E-state index contributed by atoms with van der Waals surface area (Å²) in [6.07, 6.45) is 10.8. The molecule has 11 atom stereocenters. The van der Waals surface area contributed by atoms with Crippen LogP contribution in [0.2, 0.25) is 34.8 Å². The summed E-state index contributed by atoms with van der Waals surface area (Å²) in [5, 5.41) is 0.121. The van der Waals surface area contributed by atoms with Crippen molar-refractivity contribution >= 4 is 28.9 Å². The lowest BCUT2D eigenvalue weighted by atomic mass is 9.85. The van der Waals surface area contributed by atoms with E-state index in [0.717, 1.165) is 44.8 Å². The quantitative estimate of drug-likeness (QED) is 0.0497. The Hall–Kier alpha value is -1.63. The highest BCUT2D eigenvalue weighted by Gasteiger charge is 2.54. The second-order valence-electron chi connectivity index (χ2n) is 21.9. The molecule has 0 bridgehead atoms. The minimum Gasteiger partial charge on any atom is -0.458 e. The third-order valence-corrected chi connectivity index (χ3v) is 25.6. The summed E-state index contributed by atoms with van der Waals surface area (Å²) in [6.45, 7) is 40.8. The lowest BCUT2D eigenvalue weighted by molar-refractivity contribution is -0.170. The van der Waals surface area contributed by atoms with Crippen LogP contribution in [0.25, 0.3) is 0 Å². The van der Waals surface area contributed by atoms with Gasteiger partial charge in [-0.3, -0.25) is 0 Å². The van der Waals surface area contributed by atoms with E-state index in [2.05, 4.69) is 129 Å². The Morgan fingerprint density at radius 1 is 0.864 bits per heavy atom. The van der Waals surface area contributed by atoms with Crippen molar-refractivity contribution in [1.29, 1.82) is 0 Å². The van der Waals surface area contributed by atoms with Crippen LogP contribution in [0.1, 0.15) is 166 Å². The molecule has 2 aliphatic heterocycles. The molecule has 2 fully saturated rings. The van der Waals surface area contributed by atoms with E-state index < -0.39 is 28.3 Å². The zero-order chi connectivity index (χ0) is 44.7. The third-order valence-electron chi connectivity index (χ3n) is 14.9. The highest BCUT2D eigenvalue weighted by atomic mass is 28.4. The molecule has 0 aliphatic carbocycles. The van der Waals surface area contributed by atoms with Gasteiger partial charge in [-0.1, -0.05) is 120 Å². The van der Waals surface area contributed by atoms with Crippen molar-refractivity contribution < 1.29 is 32.7 Å². The molecule has 2 aliphatic rings. The van der Waals surface area contributed by atoms with Crippen LogP contribution in [-0.4, -0.2) is 70.6 Å². The molecule has 9 heteroatoms. The average molecular weight is 857 g/mol.